The lowest BCUT2D eigenvalue weighted by molar-refractivity contribution is -0.384. The Morgan fingerprint density at radius 2 is 1.77 bits per heavy atom. The fourth-order valence-electron chi connectivity index (χ4n) is 4.39. The third-order valence-electron chi connectivity index (χ3n) is 6.15. The first-order valence-corrected chi connectivity index (χ1v) is 11.2. The van der Waals surface area contributed by atoms with Gasteiger partial charge in [0, 0.05) is 23.7 Å². The van der Waals surface area contributed by atoms with Crippen LogP contribution in [-0.2, 0) is 6.42 Å². The highest BCUT2D eigenvalue weighted by Crippen LogP contribution is 2.39. The largest absolute Gasteiger partial charge is 0.497 e. The van der Waals surface area contributed by atoms with Crippen LogP contribution in [0.3, 0.4) is 0 Å². The van der Waals surface area contributed by atoms with Gasteiger partial charge >= 0.3 is 0 Å². The smallest absolute Gasteiger partial charge is 0.290 e. The number of nitro benzene ring substituents is 1. The minimum Gasteiger partial charge on any atom is -0.497 e. The molecule has 0 unspecified atom stereocenters. The van der Waals surface area contributed by atoms with Gasteiger partial charge in [0.25, 0.3) is 11.6 Å². The average molecular weight is 491 g/mol. The van der Waals surface area contributed by atoms with Gasteiger partial charge in [0.1, 0.15) is 11.3 Å². The van der Waals surface area contributed by atoms with Crippen molar-refractivity contribution in [2.75, 3.05) is 13.7 Å². The molecule has 8 nitrogen and oxygen atoms in total. The zero-order valence-electron chi connectivity index (χ0n) is 18.6. The molecule has 176 valence electrons. The normalized spacial score (nSPS) is 14.9. The van der Waals surface area contributed by atoms with Gasteiger partial charge in [0.05, 0.1) is 29.0 Å². The lowest BCUT2D eigenvalue weighted by Crippen LogP contribution is -2.31. The molecule has 0 spiro atoms. The van der Waals surface area contributed by atoms with Crippen LogP contribution >= 0.6 is 11.6 Å². The van der Waals surface area contributed by atoms with Crippen LogP contribution in [0.2, 0.25) is 5.02 Å². The molecule has 1 aromatic heterocycles. The lowest BCUT2D eigenvalue weighted by Gasteiger charge is -2.25. The van der Waals surface area contributed by atoms with Crippen LogP contribution in [0.1, 0.15) is 33.3 Å². The minimum absolute atomic E-state index is 0.0251. The molecule has 0 N–H and O–H groups in total. The van der Waals surface area contributed by atoms with Gasteiger partial charge in [-0.25, -0.2) is 0 Å². The third-order valence-corrected chi connectivity index (χ3v) is 6.38. The van der Waals surface area contributed by atoms with Crippen LogP contribution in [0, 0.1) is 10.1 Å². The Morgan fingerprint density at radius 3 is 2.43 bits per heavy atom. The van der Waals surface area contributed by atoms with Gasteiger partial charge in [0.15, 0.2) is 5.43 Å². The predicted molar refractivity (Wildman–Crippen MR) is 130 cm³/mol. The summed E-state index contributed by atoms with van der Waals surface area (Å²) in [7, 11) is 1.59. The van der Waals surface area contributed by atoms with E-state index in [1.807, 2.05) is 24.3 Å². The van der Waals surface area contributed by atoms with Crippen molar-refractivity contribution < 1.29 is 18.9 Å². The molecule has 1 amide bonds. The maximum absolute atomic E-state index is 13.5. The Morgan fingerprint density at radius 1 is 1.06 bits per heavy atom. The Bertz CT molecular complexity index is 1510. The van der Waals surface area contributed by atoms with E-state index in [0.717, 1.165) is 11.3 Å². The second kappa shape index (κ2) is 8.88. The highest BCUT2D eigenvalue weighted by atomic mass is 35.5. The second-order valence-electron chi connectivity index (χ2n) is 8.16. The zero-order valence-corrected chi connectivity index (χ0v) is 19.3. The van der Waals surface area contributed by atoms with E-state index in [4.69, 9.17) is 20.8 Å². The molecule has 0 aliphatic carbocycles. The standard InChI is InChI=1S/C26H19ClN2O6/c1-34-19-9-2-15(3-10-19)12-13-28-23(16-4-7-18(8-5-16)29(32)33)22-24(30)20-14-17(27)6-11-21(20)35-25(22)26(28)31/h2-11,14,23H,12-13H2,1H3/t23-/m1/s1. The summed E-state index contributed by atoms with van der Waals surface area (Å²) in [6, 6.07) is 17.3. The molecule has 1 aliphatic heterocycles. The number of rotatable bonds is 6. The van der Waals surface area contributed by atoms with Crippen molar-refractivity contribution in [3.05, 3.63) is 115 Å². The molecule has 0 bridgehead atoms. The number of carbonyl (C=O) groups excluding carboxylic acids is 1. The number of methoxy groups -OCH3 is 1. The quantitative estimate of drug-likeness (QED) is 0.273. The van der Waals surface area contributed by atoms with Gasteiger partial charge < -0.3 is 14.1 Å². The molecule has 1 aliphatic rings. The summed E-state index contributed by atoms with van der Waals surface area (Å²) in [6.45, 7) is 0.299. The van der Waals surface area contributed by atoms with Crippen molar-refractivity contribution in [3.8, 4) is 5.75 Å². The van der Waals surface area contributed by atoms with E-state index in [-0.39, 0.29) is 33.4 Å². The lowest BCUT2D eigenvalue weighted by atomic mass is 9.98. The summed E-state index contributed by atoms with van der Waals surface area (Å²) in [6.07, 6.45) is 0.521. The van der Waals surface area contributed by atoms with E-state index < -0.39 is 16.9 Å². The van der Waals surface area contributed by atoms with Gasteiger partial charge in [-0.1, -0.05) is 23.7 Å². The molecular weight excluding hydrogens is 472 g/mol. The molecule has 0 saturated carbocycles. The number of carbonyl (C=O) groups is 1. The number of benzene rings is 3. The van der Waals surface area contributed by atoms with Crippen LogP contribution in [-0.4, -0.2) is 29.4 Å². The number of halogens is 1. The number of hydrogen-bond donors (Lipinski definition) is 0. The number of fused-ring (bicyclic) bond motifs is 2. The molecule has 2 heterocycles. The molecule has 3 aromatic carbocycles. The maximum Gasteiger partial charge on any atom is 0.290 e. The summed E-state index contributed by atoms with van der Waals surface area (Å²) in [5, 5.41) is 11.8. The highest BCUT2D eigenvalue weighted by Gasteiger charge is 2.42. The van der Waals surface area contributed by atoms with Crippen molar-refractivity contribution in [2.24, 2.45) is 0 Å². The Hall–Kier alpha value is -4.17. The monoisotopic (exact) mass is 490 g/mol. The highest BCUT2D eigenvalue weighted by molar-refractivity contribution is 6.31. The fourth-order valence-corrected chi connectivity index (χ4v) is 4.56. The van der Waals surface area contributed by atoms with Crippen LogP contribution in [0.5, 0.6) is 5.75 Å². The Kier molecular flexibility index (Phi) is 5.74. The first-order valence-electron chi connectivity index (χ1n) is 10.8. The van der Waals surface area contributed by atoms with Crippen molar-refractivity contribution in [1.29, 1.82) is 0 Å². The summed E-state index contributed by atoms with van der Waals surface area (Å²) < 4.78 is 11.1. The minimum atomic E-state index is -0.754. The Labute approximate surface area is 204 Å². The Balaban J connectivity index is 1.60. The number of nitro groups is 1. The summed E-state index contributed by atoms with van der Waals surface area (Å²) in [5.74, 6) is 0.288. The molecule has 0 radical (unpaired) electrons. The fraction of sp³-hybridized carbons (Fsp3) is 0.154. The van der Waals surface area contributed by atoms with Gasteiger partial charge in [-0.05, 0) is 60.0 Å². The number of nitrogens with zero attached hydrogens (tertiary/aromatic N) is 2. The van der Waals surface area contributed by atoms with Crippen molar-refractivity contribution in [2.45, 2.75) is 12.5 Å². The van der Waals surface area contributed by atoms with Crippen molar-refractivity contribution >= 4 is 34.2 Å². The second-order valence-corrected chi connectivity index (χ2v) is 8.60. The number of ether oxygens (including phenoxy) is 1. The molecule has 9 heteroatoms. The van der Waals surface area contributed by atoms with Crippen molar-refractivity contribution in [3.63, 3.8) is 0 Å². The van der Waals surface area contributed by atoms with Crippen molar-refractivity contribution in [1.82, 2.24) is 4.90 Å². The van der Waals surface area contributed by atoms with E-state index in [1.54, 1.807) is 36.3 Å². The molecule has 5 rings (SSSR count). The van der Waals surface area contributed by atoms with E-state index >= 15 is 0 Å². The predicted octanol–water partition coefficient (Wildman–Crippen LogP) is 5.15. The van der Waals surface area contributed by atoms with E-state index in [0.29, 0.717) is 23.6 Å². The number of hydrogen-bond acceptors (Lipinski definition) is 6. The molecule has 35 heavy (non-hydrogen) atoms. The summed E-state index contributed by atoms with van der Waals surface area (Å²) in [4.78, 5) is 39.2. The first-order chi connectivity index (χ1) is 16.9. The molecule has 0 saturated heterocycles. The SMILES string of the molecule is COc1ccc(CCN2C(=O)c3oc4ccc(Cl)cc4c(=O)c3[C@H]2c2ccc([N+](=O)[O-])cc2)cc1. The molecule has 4 aromatic rings. The maximum atomic E-state index is 13.5. The zero-order chi connectivity index (χ0) is 24.7. The van der Waals surface area contributed by atoms with Crippen LogP contribution in [0.4, 0.5) is 5.69 Å². The van der Waals surface area contributed by atoms with Crippen LogP contribution in [0.25, 0.3) is 11.0 Å². The number of amides is 1. The van der Waals surface area contributed by atoms with Gasteiger partial charge in [-0.15, -0.1) is 0 Å². The van der Waals surface area contributed by atoms with E-state index in [1.165, 1.54) is 18.2 Å². The number of non-ortho nitro benzene ring substituents is 1. The molecule has 1 atom stereocenters. The van der Waals surface area contributed by atoms with E-state index in [2.05, 4.69) is 0 Å². The molecule has 0 fully saturated rings. The van der Waals surface area contributed by atoms with Gasteiger partial charge in [-0.2, -0.15) is 0 Å². The third kappa shape index (κ3) is 4.02. The van der Waals surface area contributed by atoms with E-state index in [9.17, 15) is 19.7 Å². The van der Waals surface area contributed by atoms with Crippen LogP contribution in [0.15, 0.2) is 75.9 Å². The summed E-state index contributed by atoms with van der Waals surface area (Å²) >= 11 is 6.11. The van der Waals surface area contributed by atoms with Crippen LogP contribution < -0.4 is 10.2 Å². The van der Waals surface area contributed by atoms with Gasteiger partial charge in [0.2, 0.25) is 5.76 Å². The van der Waals surface area contributed by atoms with Gasteiger partial charge in [-0.3, -0.25) is 19.7 Å². The topological polar surface area (TPSA) is 103 Å². The summed E-state index contributed by atoms with van der Waals surface area (Å²) in [5.41, 5.74) is 1.59. The average Bonchev–Trinajstić information content (AvgIpc) is 3.15. The first kappa shape index (κ1) is 22.6. The molecular formula is C26H19ClN2O6.